The van der Waals surface area contributed by atoms with Gasteiger partial charge in [0.1, 0.15) is 42.5 Å². The molecule has 2 fully saturated rings. The van der Waals surface area contributed by atoms with E-state index in [4.69, 9.17) is 40.1 Å². The maximum atomic E-state index is 13.2. The summed E-state index contributed by atoms with van der Waals surface area (Å²) in [6.07, 6.45) is 2.90. The molecule has 0 aromatic heterocycles. The molecule has 0 radical (unpaired) electrons. The lowest BCUT2D eigenvalue weighted by atomic mass is 9.94. The van der Waals surface area contributed by atoms with Gasteiger partial charge in [-0.3, -0.25) is 24.0 Å². The number of nitrogens with zero attached hydrogens (tertiary/aromatic N) is 3. The summed E-state index contributed by atoms with van der Waals surface area (Å²) in [5, 5.41) is 20.2. The molecule has 0 aromatic rings. The van der Waals surface area contributed by atoms with Crippen molar-refractivity contribution in [2.45, 2.75) is 153 Å². The number of rotatable bonds is 23. The van der Waals surface area contributed by atoms with Crippen LogP contribution < -0.4 is 21.7 Å². The molecule has 4 amide bonds. The molecule has 0 aliphatic carbocycles. The monoisotopic (exact) mass is 713 g/mol. The van der Waals surface area contributed by atoms with Gasteiger partial charge in [-0.15, -0.1) is 0 Å². The summed E-state index contributed by atoms with van der Waals surface area (Å²) >= 11 is 0. The molecule has 284 valence electrons. The maximum absolute atomic E-state index is 13.2. The quantitative estimate of drug-likeness (QED) is 0.0442. The van der Waals surface area contributed by atoms with Crippen LogP contribution in [0.25, 0.3) is 10.4 Å². The fourth-order valence-corrected chi connectivity index (χ4v) is 5.65. The number of carbonyl (C=O) groups excluding carboxylic acids is 4. The highest BCUT2D eigenvalue weighted by Crippen LogP contribution is 2.35. The van der Waals surface area contributed by atoms with E-state index in [1.807, 2.05) is 0 Å². The lowest BCUT2D eigenvalue weighted by Crippen LogP contribution is -2.69. The zero-order valence-corrected chi connectivity index (χ0v) is 29.8. The van der Waals surface area contributed by atoms with Crippen molar-refractivity contribution < 1.29 is 52.8 Å². The van der Waals surface area contributed by atoms with Crippen molar-refractivity contribution in [3.63, 3.8) is 0 Å². The Labute approximate surface area is 292 Å². The molecule has 2 heterocycles. The van der Waals surface area contributed by atoms with E-state index in [1.54, 1.807) is 13.8 Å². The molecule has 2 aliphatic rings. The minimum absolute atomic E-state index is 0.147. The number of carbonyl (C=O) groups is 5. The van der Waals surface area contributed by atoms with Crippen molar-refractivity contribution in [3.05, 3.63) is 10.4 Å². The largest absolute Gasteiger partial charge is 0.481 e. The Kier molecular flexibility index (Phi) is 18.4. The van der Waals surface area contributed by atoms with Crippen molar-refractivity contribution in [3.8, 4) is 0 Å². The van der Waals surface area contributed by atoms with Crippen LogP contribution in [0.5, 0.6) is 0 Å². The molecule has 2 aliphatic heterocycles. The summed E-state index contributed by atoms with van der Waals surface area (Å²) < 4.78 is 30.7. The number of primary amides is 1. The van der Waals surface area contributed by atoms with Crippen LogP contribution >= 0.6 is 0 Å². The van der Waals surface area contributed by atoms with Gasteiger partial charge in [0.2, 0.25) is 23.6 Å². The van der Waals surface area contributed by atoms with Crippen LogP contribution in [0.4, 0.5) is 0 Å². The van der Waals surface area contributed by atoms with E-state index in [-0.39, 0.29) is 25.4 Å². The van der Waals surface area contributed by atoms with Gasteiger partial charge >= 0.3 is 5.97 Å². The summed E-state index contributed by atoms with van der Waals surface area (Å²) in [6, 6.07) is -3.23. The molecular weight excluding hydrogens is 658 g/mol. The van der Waals surface area contributed by atoms with Crippen molar-refractivity contribution in [1.82, 2.24) is 16.0 Å². The second-order valence-corrected chi connectivity index (χ2v) is 13.1. The van der Waals surface area contributed by atoms with Crippen LogP contribution in [0.1, 0.15) is 98.8 Å². The van der Waals surface area contributed by atoms with Crippen molar-refractivity contribution in [2.24, 2.45) is 10.8 Å². The van der Waals surface area contributed by atoms with Crippen molar-refractivity contribution in [2.75, 3.05) is 19.8 Å². The lowest BCUT2D eigenvalue weighted by molar-refractivity contribution is -0.373. The average Bonchev–Trinajstić information content (AvgIpc) is 3.04. The summed E-state index contributed by atoms with van der Waals surface area (Å²) in [5.41, 5.74) is 13.6. The van der Waals surface area contributed by atoms with Crippen LogP contribution in [-0.4, -0.2) is 109 Å². The number of azide groups is 1. The summed E-state index contributed by atoms with van der Waals surface area (Å²) in [5.74, 6) is -4.87. The zero-order chi connectivity index (χ0) is 37.3. The number of hydrogen-bond acceptors (Lipinski definition) is 11. The van der Waals surface area contributed by atoms with Gasteiger partial charge in [0, 0.05) is 31.4 Å². The predicted octanol–water partition coefficient (Wildman–Crippen LogP) is 1.93. The Morgan fingerprint density at radius 1 is 1.02 bits per heavy atom. The van der Waals surface area contributed by atoms with Gasteiger partial charge in [-0.25, -0.2) is 0 Å². The Bertz CT molecular complexity index is 1180. The third-order valence-electron chi connectivity index (χ3n) is 8.32. The van der Waals surface area contributed by atoms with E-state index in [1.165, 1.54) is 20.8 Å². The van der Waals surface area contributed by atoms with E-state index < -0.39 is 78.3 Å². The molecule has 0 bridgehead atoms. The van der Waals surface area contributed by atoms with Gasteiger partial charge in [0.25, 0.3) is 0 Å². The predicted molar refractivity (Wildman–Crippen MR) is 178 cm³/mol. The second-order valence-electron chi connectivity index (χ2n) is 13.1. The number of nitrogens with one attached hydrogen (secondary N) is 3. The van der Waals surface area contributed by atoms with E-state index in [2.05, 4.69) is 26.0 Å². The van der Waals surface area contributed by atoms with Crippen LogP contribution in [0.2, 0.25) is 0 Å². The number of amides is 4. The minimum atomic E-state index is -1.23. The molecule has 6 N–H and O–H groups in total. The number of carboxylic acid groups (broad SMARTS) is 1. The summed E-state index contributed by atoms with van der Waals surface area (Å²) in [6.45, 7) is 8.70. The summed E-state index contributed by atoms with van der Waals surface area (Å²) in [7, 11) is 0. The smallest absolute Gasteiger partial charge is 0.303 e. The molecule has 18 heteroatoms. The van der Waals surface area contributed by atoms with Gasteiger partial charge in [-0.2, -0.15) is 0 Å². The second kappa shape index (κ2) is 21.6. The molecule has 18 nitrogen and oxygen atoms in total. The molecule has 8 atom stereocenters. The maximum Gasteiger partial charge on any atom is 0.303 e. The highest BCUT2D eigenvalue weighted by molar-refractivity contribution is 5.92. The minimum Gasteiger partial charge on any atom is -0.481 e. The number of unbranched alkanes of at least 4 members (excludes halogenated alkanes) is 7. The van der Waals surface area contributed by atoms with E-state index in [0.717, 1.165) is 51.4 Å². The topological polar surface area (TPSA) is 263 Å². The van der Waals surface area contributed by atoms with Crippen LogP contribution in [0.15, 0.2) is 5.11 Å². The Balaban J connectivity index is 2.03. The molecule has 0 saturated carbocycles. The standard InChI is InChI=1S/C32H55N7O11/c1-19(29(44)38-22(28(33)43)14-15-24(41)42)36-30(45)20(2)48-27-25(37-21(3)40)31(49-23-18-47-32(4,5)50-26(23)27)46-17-13-11-9-7-6-8-10-12-16-35-39-34/h19-20,22-23,25-27,31H,6-18H2,1-5H3,(H2,33,43)(H,36,45)(H,37,40)(H,38,44)(H,41,42)/t19-,20+,22-,23+,25+,26+,27+,31+/m0/s1. The molecule has 0 unspecified atom stereocenters. The van der Waals surface area contributed by atoms with Gasteiger partial charge in [0.05, 0.1) is 6.61 Å². The lowest BCUT2D eigenvalue weighted by Gasteiger charge is -2.51. The fraction of sp³-hybridized carbons (Fsp3) is 0.844. The molecule has 0 aromatic carbocycles. The van der Waals surface area contributed by atoms with E-state index in [9.17, 15) is 24.0 Å². The fourth-order valence-electron chi connectivity index (χ4n) is 5.65. The highest BCUT2D eigenvalue weighted by atomic mass is 16.8. The Morgan fingerprint density at radius 3 is 2.26 bits per heavy atom. The Hall–Kier alpha value is -3.54. The molecular formula is C32H55N7O11. The SMILES string of the molecule is CC(=O)N[C@H]1[C@H](OCCCCCCCCCCN=[N+]=[N-])O[C@@H]2COC(C)(C)O[C@H]2[C@@H]1O[C@H](C)C(=O)N[C@@H](C)C(=O)N[C@@H](CCC(=O)O)C(N)=O. The van der Waals surface area contributed by atoms with E-state index in [0.29, 0.717) is 13.2 Å². The zero-order valence-electron chi connectivity index (χ0n) is 29.8. The van der Waals surface area contributed by atoms with Gasteiger partial charge in [-0.1, -0.05) is 43.6 Å². The number of hydrogen-bond donors (Lipinski definition) is 5. The van der Waals surface area contributed by atoms with Gasteiger partial charge < -0.3 is 50.5 Å². The molecule has 50 heavy (non-hydrogen) atoms. The average molecular weight is 714 g/mol. The van der Waals surface area contributed by atoms with Crippen molar-refractivity contribution >= 4 is 29.6 Å². The van der Waals surface area contributed by atoms with Crippen LogP contribution in [0, 0.1) is 0 Å². The van der Waals surface area contributed by atoms with Crippen molar-refractivity contribution in [1.29, 1.82) is 0 Å². The van der Waals surface area contributed by atoms with Crippen LogP contribution in [-0.2, 0) is 47.7 Å². The summed E-state index contributed by atoms with van der Waals surface area (Å²) in [4.78, 5) is 63.7. The third kappa shape index (κ3) is 15.1. The van der Waals surface area contributed by atoms with E-state index >= 15 is 0 Å². The van der Waals surface area contributed by atoms with Crippen LogP contribution in [0.3, 0.4) is 0 Å². The molecule has 2 rings (SSSR count). The first-order chi connectivity index (χ1) is 23.6. The normalized spacial score (nSPS) is 24.4. The molecule has 0 spiro atoms. The number of ether oxygens (including phenoxy) is 5. The first kappa shape index (κ1) is 42.6. The Morgan fingerprint density at radius 2 is 1.66 bits per heavy atom. The van der Waals surface area contributed by atoms with Gasteiger partial charge in [-0.05, 0) is 52.5 Å². The highest BCUT2D eigenvalue weighted by Gasteiger charge is 2.53. The molecule has 2 saturated heterocycles. The number of nitrogens with two attached hydrogens (primary N) is 1. The number of aliphatic carboxylic acids is 1. The first-order valence-corrected chi connectivity index (χ1v) is 17.3. The number of fused-ring (bicyclic) bond motifs is 1. The third-order valence-corrected chi connectivity index (χ3v) is 8.32. The first-order valence-electron chi connectivity index (χ1n) is 17.3. The number of carboxylic acids is 1. The van der Waals surface area contributed by atoms with Gasteiger partial charge in [0.15, 0.2) is 12.1 Å².